The SMILES string of the molecule is CCCCC/C=C\CCCCCCC(O)C(=O)NC(COC1OC(CO)C(O)C(OS(=O)(=O)O)C1O)C(O)/C=C/CC/C=C/CC/C=C/CCCCCCCC. The monoisotopic (exact) mass is 818 g/mol. The van der Waals surface area contributed by atoms with Crippen LogP contribution in [-0.4, -0.2) is 107 Å². The Morgan fingerprint density at radius 2 is 1.20 bits per heavy atom. The van der Waals surface area contributed by atoms with E-state index in [1.54, 1.807) is 6.08 Å². The normalized spacial score (nSPS) is 22.5. The van der Waals surface area contributed by atoms with Crippen LogP contribution in [0.5, 0.6) is 0 Å². The molecule has 1 saturated heterocycles. The van der Waals surface area contributed by atoms with Gasteiger partial charge >= 0.3 is 10.4 Å². The fourth-order valence-corrected chi connectivity index (χ4v) is 6.76. The number of carbonyl (C=O) groups is 1. The van der Waals surface area contributed by atoms with E-state index in [9.17, 15) is 38.7 Å². The van der Waals surface area contributed by atoms with Gasteiger partial charge in [0.05, 0.1) is 25.4 Å². The van der Waals surface area contributed by atoms with Crippen LogP contribution >= 0.6 is 0 Å². The third-order valence-electron chi connectivity index (χ3n) is 9.67. The molecule has 13 nitrogen and oxygen atoms in total. The van der Waals surface area contributed by atoms with Crippen LogP contribution in [-0.2, 0) is 28.9 Å². The molecule has 0 radical (unpaired) electrons. The fourth-order valence-electron chi connectivity index (χ4n) is 6.25. The van der Waals surface area contributed by atoms with Gasteiger partial charge in [0.25, 0.3) is 0 Å². The first-order valence-electron chi connectivity index (χ1n) is 21.1. The van der Waals surface area contributed by atoms with E-state index in [0.29, 0.717) is 12.8 Å². The van der Waals surface area contributed by atoms with E-state index in [4.69, 9.17) is 14.0 Å². The third-order valence-corrected chi connectivity index (χ3v) is 10.1. The topological polar surface area (TPSA) is 212 Å². The minimum atomic E-state index is -5.12. The minimum Gasteiger partial charge on any atom is -0.394 e. The highest BCUT2D eigenvalue weighted by molar-refractivity contribution is 7.80. The highest BCUT2D eigenvalue weighted by Crippen LogP contribution is 2.26. The first kappa shape index (κ1) is 52.0. The molecule has 0 aromatic rings. The van der Waals surface area contributed by atoms with Crippen LogP contribution in [0.2, 0.25) is 0 Å². The molecule has 1 aliphatic rings. The van der Waals surface area contributed by atoms with Crippen molar-refractivity contribution in [2.24, 2.45) is 0 Å². The van der Waals surface area contributed by atoms with Crippen LogP contribution in [0.15, 0.2) is 48.6 Å². The molecule has 0 aliphatic carbocycles. The second-order valence-electron chi connectivity index (χ2n) is 14.7. The van der Waals surface area contributed by atoms with Gasteiger partial charge in [-0.2, -0.15) is 8.42 Å². The van der Waals surface area contributed by atoms with Crippen LogP contribution in [0, 0.1) is 0 Å². The molecule has 1 fully saturated rings. The molecule has 8 unspecified atom stereocenters. The predicted octanol–water partition coefficient (Wildman–Crippen LogP) is 6.29. The summed E-state index contributed by atoms with van der Waals surface area (Å²) in [6.07, 6.45) is 26.4. The zero-order valence-electron chi connectivity index (χ0n) is 34.0. The zero-order chi connectivity index (χ0) is 41.4. The Balaban J connectivity index is 2.71. The predicted molar refractivity (Wildman–Crippen MR) is 219 cm³/mol. The zero-order valence-corrected chi connectivity index (χ0v) is 34.9. The summed E-state index contributed by atoms with van der Waals surface area (Å²) in [4.78, 5) is 13.0. The number of allylic oxidation sites excluding steroid dienone is 7. The van der Waals surface area contributed by atoms with Gasteiger partial charge in [0.15, 0.2) is 6.29 Å². The van der Waals surface area contributed by atoms with Gasteiger partial charge in [-0.15, -0.1) is 0 Å². The smallest absolute Gasteiger partial charge is 0.394 e. The summed E-state index contributed by atoms with van der Waals surface area (Å²) in [5.41, 5.74) is 0. The number of carbonyl (C=O) groups excluding carboxylic acids is 1. The van der Waals surface area contributed by atoms with E-state index >= 15 is 0 Å². The number of ether oxygens (including phenoxy) is 2. The Morgan fingerprint density at radius 3 is 1.75 bits per heavy atom. The summed E-state index contributed by atoms with van der Waals surface area (Å²) >= 11 is 0. The number of nitrogens with one attached hydrogen (secondary N) is 1. The second-order valence-corrected chi connectivity index (χ2v) is 15.7. The first-order chi connectivity index (χ1) is 26.9. The van der Waals surface area contributed by atoms with E-state index in [-0.39, 0.29) is 6.42 Å². The number of aliphatic hydroxyl groups is 5. The highest BCUT2D eigenvalue weighted by Gasteiger charge is 2.48. The Hall–Kier alpha value is -1.98. The van der Waals surface area contributed by atoms with Gasteiger partial charge in [-0.1, -0.05) is 127 Å². The molecule has 326 valence electrons. The van der Waals surface area contributed by atoms with Gasteiger partial charge in [0.2, 0.25) is 5.91 Å². The van der Waals surface area contributed by atoms with Crippen molar-refractivity contribution >= 4 is 16.3 Å². The summed E-state index contributed by atoms with van der Waals surface area (Å²) in [5.74, 6) is -0.730. The molecule has 1 amide bonds. The molecule has 0 aromatic carbocycles. The largest absolute Gasteiger partial charge is 0.397 e. The molecule has 1 heterocycles. The molecule has 56 heavy (non-hydrogen) atoms. The van der Waals surface area contributed by atoms with Crippen molar-refractivity contribution in [3.05, 3.63) is 48.6 Å². The highest BCUT2D eigenvalue weighted by atomic mass is 32.3. The van der Waals surface area contributed by atoms with Crippen molar-refractivity contribution in [1.82, 2.24) is 5.32 Å². The van der Waals surface area contributed by atoms with Crippen LogP contribution in [0.1, 0.15) is 149 Å². The summed E-state index contributed by atoms with van der Waals surface area (Å²) in [7, 11) is -5.12. The molecule has 0 spiro atoms. The van der Waals surface area contributed by atoms with E-state index in [0.717, 1.165) is 57.8 Å². The molecule has 8 atom stereocenters. The second kappa shape index (κ2) is 32.9. The van der Waals surface area contributed by atoms with Gasteiger partial charge in [-0.05, 0) is 70.6 Å². The number of amides is 1. The van der Waals surface area contributed by atoms with Crippen LogP contribution in [0.3, 0.4) is 0 Å². The number of unbranched alkanes of at least 4 members (excludes halogenated alkanes) is 15. The van der Waals surface area contributed by atoms with Gasteiger partial charge < -0.3 is 40.3 Å². The molecule has 0 aromatic heterocycles. The lowest BCUT2D eigenvalue weighted by Crippen LogP contribution is -2.61. The number of hydrogen-bond donors (Lipinski definition) is 7. The average molecular weight is 818 g/mol. The fraction of sp³-hybridized carbons (Fsp3) is 0.786. The summed E-state index contributed by atoms with van der Waals surface area (Å²) in [6.45, 7) is 3.11. The maximum absolute atomic E-state index is 13.0. The average Bonchev–Trinajstić information content (AvgIpc) is 3.16. The number of aliphatic hydroxyl groups excluding tert-OH is 5. The lowest BCUT2D eigenvalue weighted by molar-refractivity contribution is -0.298. The van der Waals surface area contributed by atoms with Gasteiger partial charge in [-0.3, -0.25) is 9.35 Å². The number of hydrogen-bond acceptors (Lipinski definition) is 11. The lowest BCUT2D eigenvalue weighted by atomic mass is 9.99. The maximum Gasteiger partial charge on any atom is 0.397 e. The van der Waals surface area contributed by atoms with Crippen molar-refractivity contribution in [2.75, 3.05) is 13.2 Å². The molecule has 7 N–H and O–H groups in total. The molecule has 14 heteroatoms. The van der Waals surface area contributed by atoms with Gasteiger partial charge in [0, 0.05) is 0 Å². The van der Waals surface area contributed by atoms with Gasteiger partial charge in [-0.25, -0.2) is 4.18 Å². The molecule has 1 rings (SSSR count). The summed E-state index contributed by atoms with van der Waals surface area (Å²) in [6, 6.07) is -1.15. The maximum atomic E-state index is 13.0. The molecule has 1 aliphatic heterocycles. The lowest BCUT2D eigenvalue weighted by Gasteiger charge is -2.41. The van der Waals surface area contributed by atoms with Crippen molar-refractivity contribution < 1.29 is 57.0 Å². The van der Waals surface area contributed by atoms with E-state index in [2.05, 4.69) is 59.8 Å². The quantitative estimate of drug-likeness (QED) is 0.0217. The van der Waals surface area contributed by atoms with Crippen molar-refractivity contribution in [3.8, 4) is 0 Å². The van der Waals surface area contributed by atoms with Crippen LogP contribution in [0.25, 0.3) is 0 Å². The third kappa shape index (κ3) is 25.4. The Kier molecular flexibility index (Phi) is 30.6. The Morgan fingerprint density at radius 1 is 0.714 bits per heavy atom. The van der Waals surface area contributed by atoms with E-state index in [1.165, 1.54) is 63.9 Å². The molecule has 0 saturated carbocycles. The van der Waals surface area contributed by atoms with Crippen molar-refractivity contribution in [3.63, 3.8) is 0 Å². The minimum absolute atomic E-state index is 0.217. The number of rotatable bonds is 34. The Bertz CT molecular complexity index is 1210. The summed E-state index contributed by atoms with van der Waals surface area (Å²) < 4.78 is 47.3. The summed E-state index contributed by atoms with van der Waals surface area (Å²) in [5, 5.41) is 54.9. The van der Waals surface area contributed by atoms with Crippen molar-refractivity contribution in [1.29, 1.82) is 0 Å². The van der Waals surface area contributed by atoms with Crippen LogP contribution in [0.4, 0.5) is 0 Å². The first-order valence-corrected chi connectivity index (χ1v) is 22.5. The molecular weight excluding hydrogens is 743 g/mol. The van der Waals surface area contributed by atoms with Crippen molar-refractivity contribution in [2.45, 2.75) is 198 Å². The van der Waals surface area contributed by atoms with E-state index in [1.807, 2.05) is 0 Å². The molecular formula is C42H75NO12S. The van der Waals surface area contributed by atoms with E-state index < -0.39 is 78.5 Å². The standard InChI is InChI=1S/C42H75NO12S/c1-3-5-7-9-11-13-15-16-17-18-19-21-22-24-26-28-30-35(45)34(33-53-42-39(48)40(55-56(50,51)52)38(47)37(32-44)54-42)43-41(49)36(46)31-29-27-25-23-20-14-12-10-8-6-4-2/h12,14,16-17,21-22,28,30,34-40,42,44-48H,3-11,13,15,18-20,23-27,29,31-33H2,1-2H3,(H,43,49)(H,50,51,52)/b14-12-,17-16+,22-21+,30-28+. The van der Waals surface area contributed by atoms with Crippen LogP contribution < -0.4 is 5.32 Å². The Labute approximate surface area is 337 Å². The van der Waals surface area contributed by atoms with Gasteiger partial charge in [0.1, 0.15) is 30.5 Å². The molecule has 0 bridgehead atoms.